The number of nitrogens with zero attached hydrogens (tertiary/aromatic N) is 4. The van der Waals surface area contributed by atoms with Crippen LogP contribution in [0.15, 0.2) is 58.8 Å². The van der Waals surface area contributed by atoms with Gasteiger partial charge >= 0.3 is 0 Å². The fourth-order valence-electron chi connectivity index (χ4n) is 2.91. The van der Waals surface area contributed by atoms with Gasteiger partial charge in [0.25, 0.3) is 0 Å². The average Bonchev–Trinajstić information content (AvgIpc) is 3.31. The Labute approximate surface area is 173 Å². The predicted octanol–water partition coefficient (Wildman–Crippen LogP) is 4.48. The van der Waals surface area contributed by atoms with E-state index in [9.17, 15) is 9.18 Å². The first-order valence-corrected chi connectivity index (χ1v) is 10.1. The Morgan fingerprint density at radius 2 is 2.07 bits per heavy atom. The molecule has 0 radical (unpaired) electrons. The SMILES string of the molecule is C=CCn1c(SCC(=O)N(C)C(C)c2ccc(F)cc2)nnc1-c1ccoc1C. The molecule has 8 heteroatoms. The summed E-state index contributed by atoms with van der Waals surface area (Å²) in [6.07, 6.45) is 3.37. The van der Waals surface area contributed by atoms with Crippen LogP contribution in [0.4, 0.5) is 4.39 Å². The van der Waals surface area contributed by atoms with Gasteiger partial charge in [-0.2, -0.15) is 0 Å². The van der Waals surface area contributed by atoms with Crippen LogP contribution in [0.1, 0.15) is 24.3 Å². The zero-order valence-corrected chi connectivity index (χ0v) is 17.4. The highest BCUT2D eigenvalue weighted by atomic mass is 32.2. The molecular weight excluding hydrogens is 391 g/mol. The van der Waals surface area contributed by atoms with Crippen molar-refractivity contribution in [3.8, 4) is 11.4 Å². The van der Waals surface area contributed by atoms with E-state index in [1.165, 1.54) is 23.9 Å². The lowest BCUT2D eigenvalue weighted by molar-refractivity contribution is -0.128. The number of hydrogen-bond acceptors (Lipinski definition) is 5. The lowest BCUT2D eigenvalue weighted by Crippen LogP contribution is -2.31. The summed E-state index contributed by atoms with van der Waals surface area (Å²) in [7, 11) is 1.74. The number of amides is 1. The zero-order valence-electron chi connectivity index (χ0n) is 16.6. The normalized spacial score (nSPS) is 12.0. The summed E-state index contributed by atoms with van der Waals surface area (Å²) < 4.78 is 20.4. The third-order valence-corrected chi connectivity index (χ3v) is 5.73. The molecule has 0 aliphatic rings. The van der Waals surface area contributed by atoms with Crippen LogP contribution in [-0.2, 0) is 11.3 Å². The molecule has 0 aliphatic carbocycles. The molecule has 3 rings (SSSR count). The van der Waals surface area contributed by atoms with Crippen molar-refractivity contribution in [2.75, 3.05) is 12.8 Å². The number of aromatic nitrogens is 3. The van der Waals surface area contributed by atoms with Gasteiger partial charge in [0.05, 0.1) is 23.6 Å². The molecule has 0 saturated carbocycles. The molecule has 0 spiro atoms. The van der Waals surface area contributed by atoms with E-state index in [1.54, 1.807) is 36.4 Å². The lowest BCUT2D eigenvalue weighted by atomic mass is 10.1. The van der Waals surface area contributed by atoms with Crippen molar-refractivity contribution in [1.29, 1.82) is 0 Å². The van der Waals surface area contributed by atoms with E-state index in [1.807, 2.05) is 24.5 Å². The number of rotatable bonds is 8. The molecule has 29 heavy (non-hydrogen) atoms. The van der Waals surface area contributed by atoms with E-state index >= 15 is 0 Å². The number of benzene rings is 1. The minimum atomic E-state index is -0.296. The van der Waals surface area contributed by atoms with Crippen molar-refractivity contribution in [1.82, 2.24) is 19.7 Å². The molecule has 0 N–H and O–H groups in total. The maximum absolute atomic E-state index is 13.1. The van der Waals surface area contributed by atoms with E-state index in [-0.39, 0.29) is 23.5 Å². The summed E-state index contributed by atoms with van der Waals surface area (Å²) in [5.41, 5.74) is 1.74. The van der Waals surface area contributed by atoms with Gasteiger partial charge in [-0.3, -0.25) is 9.36 Å². The summed E-state index contributed by atoms with van der Waals surface area (Å²) in [5.74, 6) is 1.29. The maximum Gasteiger partial charge on any atom is 0.233 e. The number of hydrogen-bond donors (Lipinski definition) is 0. The largest absolute Gasteiger partial charge is 0.469 e. The molecule has 6 nitrogen and oxygen atoms in total. The monoisotopic (exact) mass is 414 g/mol. The predicted molar refractivity (Wildman–Crippen MR) is 111 cm³/mol. The zero-order chi connectivity index (χ0) is 21.0. The van der Waals surface area contributed by atoms with Crippen LogP contribution in [0.25, 0.3) is 11.4 Å². The molecule has 1 unspecified atom stereocenters. The van der Waals surface area contributed by atoms with Crippen LogP contribution in [0, 0.1) is 12.7 Å². The Morgan fingerprint density at radius 1 is 1.34 bits per heavy atom. The Balaban J connectivity index is 1.71. The minimum absolute atomic E-state index is 0.0546. The average molecular weight is 415 g/mol. The van der Waals surface area contributed by atoms with Gasteiger partial charge in [-0.1, -0.05) is 30.0 Å². The topological polar surface area (TPSA) is 64.2 Å². The third-order valence-electron chi connectivity index (χ3n) is 4.78. The molecule has 1 atom stereocenters. The lowest BCUT2D eigenvalue weighted by Gasteiger charge is -2.25. The van der Waals surface area contributed by atoms with Gasteiger partial charge in [0.1, 0.15) is 11.6 Å². The summed E-state index contributed by atoms with van der Waals surface area (Å²) >= 11 is 1.32. The number of carbonyl (C=O) groups excluding carboxylic acids is 1. The van der Waals surface area contributed by atoms with Crippen molar-refractivity contribution in [2.24, 2.45) is 0 Å². The standard InChI is InChI=1S/C21H23FN4O2S/c1-5-11-26-20(18-10-12-28-15(18)3)23-24-21(26)29-13-19(27)25(4)14(2)16-6-8-17(22)9-7-16/h5-10,12,14H,1,11,13H2,2-4H3. The van der Waals surface area contributed by atoms with E-state index in [0.29, 0.717) is 17.5 Å². The van der Waals surface area contributed by atoms with E-state index < -0.39 is 0 Å². The van der Waals surface area contributed by atoms with Gasteiger partial charge < -0.3 is 9.32 Å². The number of allylic oxidation sites excluding steroid dienone is 1. The highest BCUT2D eigenvalue weighted by Gasteiger charge is 2.21. The molecule has 0 aliphatic heterocycles. The second kappa shape index (κ2) is 9.09. The van der Waals surface area contributed by atoms with Crippen molar-refractivity contribution in [3.05, 3.63) is 66.4 Å². The highest BCUT2D eigenvalue weighted by Crippen LogP contribution is 2.28. The van der Waals surface area contributed by atoms with Crippen LogP contribution < -0.4 is 0 Å². The Morgan fingerprint density at radius 3 is 2.69 bits per heavy atom. The van der Waals surface area contributed by atoms with Gasteiger partial charge in [-0.25, -0.2) is 4.39 Å². The molecule has 3 aromatic rings. The molecule has 2 aromatic heterocycles. The first-order valence-electron chi connectivity index (χ1n) is 9.14. The van der Waals surface area contributed by atoms with Crippen molar-refractivity contribution >= 4 is 17.7 Å². The molecule has 1 aromatic carbocycles. The highest BCUT2D eigenvalue weighted by molar-refractivity contribution is 7.99. The van der Waals surface area contributed by atoms with Gasteiger partial charge in [0.15, 0.2) is 11.0 Å². The fourth-order valence-corrected chi connectivity index (χ4v) is 3.79. The van der Waals surface area contributed by atoms with Crippen LogP contribution in [0.2, 0.25) is 0 Å². The molecule has 152 valence electrons. The first-order chi connectivity index (χ1) is 13.9. The Hall–Kier alpha value is -2.87. The van der Waals surface area contributed by atoms with Gasteiger partial charge in [-0.05, 0) is 37.6 Å². The summed E-state index contributed by atoms with van der Waals surface area (Å²) in [6, 6.07) is 7.86. The van der Waals surface area contributed by atoms with Crippen molar-refractivity contribution in [3.63, 3.8) is 0 Å². The number of halogens is 1. The Bertz CT molecular complexity index is 997. The van der Waals surface area contributed by atoms with E-state index in [4.69, 9.17) is 4.42 Å². The summed E-state index contributed by atoms with van der Waals surface area (Å²) in [6.45, 7) is 8.09. The second-order valence-corrected chi connectivity index (χ2v) is 7.56. The minimum Gasteiger partial charge on any atom is -0.469 e. The summed E-state index contributed by atoms with van der Waals surface area (Å²) in [4.78, 5) is 14.3. The number of furan rings is 1. The third kappa shape index (κ3) is 4.59. The first kappa shape index (κ1) is 20.9. The number of carbonyl (C=O) groups is 1. The second-order valence-electron chi connectivity index (χ2n) is 6.62. The van der Waals surface area contributed by atoms with Crippen LogP contribution >= 0.6 is 11.8 Å². The van der Waals surface area contributed by atoms with E-state index in [2.05, 4.69) is 16.8 Å². The van der Waals surface area contributed by atoms with Crippen LogP contribution in [0.3, 0.4) is 0 Å². The smallest absolute Gasteiger partial charge is 0.233 e. The molecule has 0 fully saturated rings. The molecule has 2 heterocycles. The number of aryl methyl sites for hydroxylation is 1. The molecule has 0 bridgehead atoms. The molecular formula is C21H23FN4O2S. The quantitative estimate of drug-likeness (QED) is 0.402. The van der Waals surface area contributed by atoms with Gasteiger partial charge in [0.2, 0.25) is 5.91 Å². The van der Waals surface area contributed by atoms with Crippen LogP contribution in [-0.4, -0.2) is 38.4 Å². The number of thioether (sulfide) groups is 1. The summed E-state index contributed by atoms with van der Waals surface area (Å²) in [5, 5.41) is 9.16. The Kier molecular flexibility index (Phi) is 6.53. The van der Waals surface area contributed by atoms with Crippen molar-refractivity contribution in [2.45, 2.75) is 31.6 Å². The van der Waals surface area contributed by atoms with Crippen molar-refractivity contribution < 1.29 is 13.6 Å². The fraction of sp³-hybridized carbons (Fsp3) is 0.286. The maximum atomic E-state index is 13.1. The van der Waals surface area contributed by atoms with E-state index in [0.717, 1.165) is 16.9 Å². The molecule has 0 saturated heterocycles. The van der Waals surface area contributed by atoms with Gasteiger partial charge in [-0.15, -0.1) is 16.8 Å². The molecule has 1 amide bonds. The van der Waals surface area contributed by atoms with Crippen LogP contribution in [0.5, 0.6) is 0 Å². The van der Waals surface area contributed by atoms with Gasteiger partial charge in [0, 0.05) is 13.6 Å².